The third-order valence-electron chi connectivity index (χ3n) is 4.85. The Morgan fingerprint density at radius 3 is 2.33 bits per heavy atom. The lowest BCUT2D eigenvalue weighted by molar-refractivity contribution is 0.328. The molecular formula is C20H25NO2S. The van der Waals surface area contributed by atoms with Crippen molar-refractivity contribution in [2.24, 2.45) is 0 Å². The Morgan fingerprint density at radius 2 is 1.62 bits per heavy atom. The number of nitrogens with zero attached hydrogens (tertiary/aromatic N) is 1. The molecule has 2 aromatic carbocycles. The molecule has 3 nitrogen and oxygen atoms in total. The van der Waals surface area contributed by atoms with Gasteiger partial charge in [-0.25, -0.2) is 8.42 Å². The van der Waals surface area contributed by atoms with Crippen LogP contribution in [-0.4, -0.2) is 19.3 Å². The van der Waals surface area contributed by atoms with E-state index in [-0.39, 0.29) is 6.04 Å². The van der Waals surface area contributed by atoms with E-state index < -0.39 is 10.0 Å². The maximum atomic E-state index is 13.3. The van der Waals surface area contributed by atoms with Gasteiger partial charge >= 0.3 is 0 Å². The Kier molecular flexibility index (Phi) is 5.07. The van der Waals surface area contributed by atoms with E-state index in [4.69, 9.17) is 0 Å². The summed E-state index contributed by atoms with van der Waals surface area (Å²) in [7, 11) is -3.49. The minimum atomic E-state index is -3.49. The second-order valence-corrected chi connectivity index (χ2v) is 8.52. The maximum Gasteiger partial charge on any atom is 0.243 e. The number of rotatable bonds is 3. The fourth-order valence-electron chi connectivity index (χ4n) is 3.46. The maximum absolute atomic E-state index is 13.3. The van der Waals surface area contributed by atoms with Crippen LogP contribution in [0.1, 0.15) is 48.4 Å². The summed E-state index contributed by atoms with van der Waals surface area (Å²) >= 11 is 0. The first kappa shape index (κ1) is 17.2. The highest BCUT2D eigenvalue weighted by atomic mass is 32.2. The fourth-order valence-corrected chi connectivity index (χ4v) is 5.37. The largest absolute Gasteiger partial charge is 0.243 e. The molecule has 0 spiro atoms. The van der Waals surface area contributed by atoms with E-state index in [0.717, 1.165) is 36.8 Å². The van der Waals surface area contributed by atoms with Crippen molar-refractivity contribution in [3.63, 3.8) is 0 Å². The van der Waals surface area contributed by atoms with Crippen LogP contribution < -0.4 is 0 Å². The summed E-state index contributed by atoms with van der Waals surface area (Å²) in [5.74, 6) is 0. The van der Waals surface area contributed by atoms with Crippen LogP contribution in [0.25, 0.3) is 0 Å². The minimum Gasteiger partial charge on any atom is -0.207 e. The van der Waals surface area contributed by atoms with Crippen molar-refractivity contribution in [2.75, 3.05) is 6.54 Å². The van der Waals surface area contributed by atoms with E-state index in [1.54, 1.807) is 16.4 Å². The van der Waals surface area contributed by atoms with E-state index >= 15 is 0 Å². The molecule has 128 valence electrons. The summed E-state index contributed by atoms with van der Waals surface area (Å²) in [6.45, 7) is 4.51. The highest BCUT2D eigenvalue weighted by Crippen LogP contribution is 2.35. The summed E-state index contributed by atoms with van der Waals surface area (Å²) in [5.41, 5.74) is 3.10. The molecule has 4 heteroatoms. The first-order valence-electron chi connectivity index (χ1n) is 8.64. The number of benzene rings is 2. The van der Waals surface area contributed by atoms with Crippen LogP contribution in [0.3, 0.4) is 0 Å². The molecule has 1 fully saturated rings. The van der Waals surface area contributed by atoms with Crippen molar-refractivity contribution < 1.29 is 8.42 Å². The van der Waals surface area contributed by atoms with Gasteiger partial charge in [-0.1, -0.05) is 60.9 Å². The Labute approximate surface area is 145 Å². The fraction of sp³-hybridized carbons (Fsp3) is 0.400. The van der Waals surface area contributed by atoms with E-state index in [9.17, 15) is 8.42 Å². The van der Waals surface area contributed by atoms with Crippen LogP contribution in [0.5, 0.6) is 0 Å². The topological polar surface area (TPSA) is 37.4 Å². The van der Waals surface area contributed by atoms with Crippen LogP contribution in [0.2, 0.25) is 0 Å². The monoisotopic (exact) mass is 343 g/mol. The van der Waals surface area contributed by atoms with Gasteiger partial charge in [0.2, 0.25) is 10.0 Å². The molecule has 2 aromatic rings. The molecule has 1 saturated heterocycles. The number of aryl methyl sites for hydroxylation is 2. The molecule has 0 bridgehead atoms. The summed E-state index contributed by atoms with van der Waals surface area (Å²) in [6.07, 6.45) is 3.96. The average Bonchev–Trinajstić information content (AvgIpc) is 2.82. The van der Waals surface area contributed by atoms with E-state index in [2.05, 4.69) is 31.2 Å². The highest BCUT2D eigenvalue weighted by Gasteiger charge is 2.33. The molecule has 0 aromatic heterocycles. The van der Waals surface area contributed by atoms with Crippen LogP contribution in [0.4, 0.5) is 0 Å². The van der Waals surface area contributed by atoms with Crippen molar-refractivity contribution in [3.8, 4) is 0 Å². The summed E-state index contributed by atoms with van der Waals surface area (Å²) in [5, 5.41) is 0. The van der Waals surface area contributed by atoms with Crippen molar-refractivity contribution >= 4 is 10.0 Å². The standard InChI is InChI=1S/C20H25NO2S/c1-16-11-13-18(14-12-16)19-9-4-3-7-15-21(19)24(22,23)20-10-6-5-8-17(20)2/h5-6,8,10-14,19H,3-4,7,9,15H2,1-2H3. The second-order valence-electron chi connectivity index (χ2n) is 6.66. The van der Waals surface area contributed by atoms with E-state index in [1.807, 2.05) is 19.1 Å². The Hall–Kier alpha value is -1.65. The van der Waals surface area contributed by atoms with Crippen LogP contribution in [0.15, 0.2) is 53.4 Å². The lowest BCUT2D eigenvalue weighted by atomic mass is 10.0. The second kappa shape index (κ2) is 7.08. The smallest absolute Gasteiger partial charge is 0.207 e. The van der Waals surface area contributed by atoms with Crippen LogP contribution in [-0.2, 0) is 10.0 Å². The average molecular weight is 343 g/mol. The number of sulfonamides is 1. The zero-order valence-corrected chi connectivity index (χ0v) is 15.2. The van der Waals surface area contributed by atoms with E-state index in [0.29, 0.717) is 11.4 Å². The number of hydrogen-bond acceptors (Lipinski definition) is 2. The Morgan fingerprint density at radius 1 is 0.917 bits per heavy atom. The molecule has 0 N–H and O–H groups in total. The molecule has 1 atom stereocenters. The molecule has 1 heterocycles. The molecule has 3 rings (SSSR count). The van der Waals surface area contributed by atoms with Gasteiger partial charge in [-0.05, 0) is 43.9 Å². The first-order valence-corrected chi connectivity index (χ1v) is 10.1. The van der Waals surface area contributed by atoms with Crippen LogP contribution in [0, 0.1) is 13.8 Å². The first-order chi connectivity index (χ1) is 11.5. The molecule has 0 amide bonds. The van der Waals surface area contributed by atoms with Crippen molar-refractivity contribution in [1.82, 2.24) is 4.31 Å². The van der Waals surface area contributed by atoms with Gasteiger partial charge in [0.1, 0.15) is 0 Å². The summed E-state index contributed by atoms with van der Waals surface area (Å²) < 4.78 is 28.4. The predicted octanol–water partition coefficient (Wildman–Crippen LogP) is 4.61. The van der Waals surface area contributed by atoms with Gasteiger partial charge in [0, 0.05) is 6.54 Å². The van der Waals surface area contributed by atoms with Crippen molar-refractivity contribution in [2.45, 2.75) is 50.5 Å². The summed E-state index contributed by atoms with van der Waals surface area (Å²) in [6, 6.07) is 15.5. The van der Waals surface area contributed by atoms with Gasteiger partial charge in [-0.2, -0.15) is 4.31 Å². The molecule has 0 radical (unpaired) electrons. The molecule has 1 aliphatic heterocycles. The zero-order valence-electron chi connectivity index (χ0n) is 14.4. The van der Waals surface area contributed by atoms with Crippen LogP contribution >= 0.6 is 0 Å². The minimum absolute atomic E-state index is 0.0716. The van der Waals surface area contributed by atoms with Gasteiger partial charge in [-0.3, -0.25) is 0 Å². The highest BCUT2D eigenvalue weighted by molar-refractivity contribution is 7.89. The quantitative estimate of drug-likeness (QED) is 0.816. The molecule has 0 aliphatic carbocycles. The molecule has 24 heavy (non-hydrogen) atoms. The molecule has 0 saturated carbocycles. The van der Waals surface area contributed by atoms with Gasteiger partial charge in [0.15, 0.2) is 0 Å². The molecule has 1 aliphatic rings. The normalized spacial score (nSPS) is 19.8. The number of hydrogen-bond donors (Lipinski definition) is 0. The molecular weight excluding hydrogens is 318 g/mol. The third-order valence-corrected chi connectivity index (χ3v) is 6.91. The van der Waals surface area contributed by atoms with Gasteiger partial charge < -0.3 is 0 Å². The Bertz CT molecular complexity index is 797. The van der Waals surface area contributed by atoms with Crippen molar-refractivity contribution in [3.05, 3.63) is 65.2 Å². The summed E-state index contributed by atoms with van der Waals surface area (Å²) in [4.78, 5) is 0.434. The SMILES string of the molecule is Cc1ccc(C2CCCCCN2S(=O)(=O)c2ccccc2C)cc1. The molecule has 1 unspecified atom stereocenters. The Balaban J connectivity index is 2.04. The lowest BCUT2D eigenvalue weighted by Crippen LogP contribution is -2.35. The van der Waals surface area contributed by atoms with Gasteiger partial charge in [0.05, 0.1) is 10.9 Å². The predicted molar refractivity (Wildman–Crippen MR) is 97.5 cm³/mol. The lowest BCUT2D eigenvalue weighted by Gasteiger charge is -2.30. The van der Waals surface area contributed by atoms with E-state index in [1.165, 1.54) is 5.56 Å². The zero-order chi connectivity index (χ0) is 17.2. The van der Waals surface area contributed by atoms with Gasteiger partial charge in [-0.15, -0.1) is 0 Å². The third kappa shape index (κ3) is 3.40. The van der Waals surface area contributed by atoms with Gasteiger partial charge in [0.25, 0.3) is 0 Å². The van der Waals surface area contributed by atoms with Crippen molar-refractivity contribution in [1.29, 1.82) is 0 Å².